The van der Waals surface area contributed by atoms with Gasteiger partial charge in [-0.1, -0.05) is 6.42 Å². The van der Waals surface area contributed by atoms with Gasteiger partial charge in [-0.2, -0.15) is 0 Å². The lowest BCUT2D eigenvalue weighted by atomic mass is 10.2. The fraction of sp³-hybridized carbons (Fsp3) is 0.500. The first-order valence-electron chi connectivity index (χ1n) is 4.78. The summed E-state index contributed by atoms with van der Waals surface area (Å²) < 4.78 is 0. The Morgan fingerprint density at radius 1 is 1.13 bits per heavy atom. The number of hydrogen-bond donors (Lipinski definition) is 0. The second-order valence-electron chi connectivity index (χ2n) is 3.27. The van der Waals surface area contributed by atoms with E-state index < -0.39 is 0 Å². The molecule has 0 spiro atoms. The minimum Gasteiger partial charge on any atom is -0.404 e. The maximum absolute atomic E-state index is 5.63. The molecular formula is C10H16Cl2N2O. The van der Waals surface area contributed by atoms with E-state index in [4.69, 9.17) is 4.84 Å². The van der Waals surface area contributed by atoms with Crippen molar-refractivity contribution in [1.82, 2.24) is 10.0 Å². The highest BCUT2D eigenvalue weighted by molar-refractivity contribution is 5.85. The zero-order chi connectivity index (χ0) is 8.93. The van der Waals surface area contributed by atoms with Crippen LogP contribution in [-0.2, 0) is 0 Å². The molecule has 5 heteroatoms. The van der Waals surface area contributed by atoms with E-state index in [9.17, 15) is 0 Å². The first-order chi connectivity index (χ1) is 6.45. The average molecular weight is 251 g/mol. The van der Waals surface area contributed by atoms with Crippen molar-refractivity contribution < 1.29 is 4.84 Å². The summed E-state index contributed by atoms with van der Waals surface area (Å²) in [6, 6.07) is 3.82. The second kappa shape index (κ2) is 7.74. The van der Waals surface area contributed by atoms with Crippen molar-refractivity contribution >= 4 is 24.8 Å². The quantitative estimate of drug-likeness (QED) is 0.808. The van der Waals surface area contributed by atoms with Gasteiger partial charge in [-0.05, 0) is 25.0 Å². The lowest BCUT2D eigenvalue weighted by molar-refractivity contribution is -0.0722. The number of hydroxylamine groups is 2. The molecule has 0 N–H and O–H groups in total. The number of nitrogens with zero attached hydrogens (tertiary/aromatic N) is 2. The first-order valence-corrected chi connectivity index (χ1v) is 4.78. The molecule has 0 aromatic carbocycles. The van der Waals surface area contributed by atoms with Crippen LogP contribution < -0.4 is 4.84 Å². The summed E-state index contributed by atoms with van der Waals surface area (Å²) in [5, 5.41) is 2.01. The van der Waals surface area contributed by atoms with Crippen molar-refractivity contribution in [2.75, 3.05) is 13.1 Å². The number of rotatable bonds is 2. The molecule has 0 unspecified atom stereocenters. The Kier molecular flexibility index (Phi) is 7.48. The molecule has 0 bridgehead atoms. The highest BCUT2D eigenvalue weighted by Crippen LogP contribution is 2.13. The van der Waals surface area contributed by atoms with Gasteiger partial charge in [-0.15, -0.1) is 29.9 Å². The van der Waals surface area contributed by atoms with Crippen LogP contribution in [0.3, 0.4) is 0 Å². The number of piperidine rings is 1. The third kappa shape index (κ3) is 4.69. The summed E-state index contributed by atoms with van der Waals surface area (Å²) in [5.41, 5.74) is 0. The van der Waals surface area contributed by atoms with Gasteiger partial charge in [0.2, 0.25) is 0 Å². The van der Waals surface area contributed by atoms with Crippen LogP contribution in [0.15, 0.2) is 24.5 Å². The van der Waals surface area contributed by atoms with E-state index in [1.54, 1.807) is 12.4 Å². The van der Waals surface area contributed by atoms with Crippen LogP contribution in [0.1, 0.15) is 19.3 Å². The molecule has 1 aliphatic rings. The molecule has 3 nitrogen and oxygen atoms in total. The molecule has 0 saturated carbocycles. The van der Waals surface area contributed by atoms with E-state index >= 15 is 0 Å². The number of halogens is 2. The number of hydrogen-bond acceptors (Lipinski definition) is 3. The van der Waals surface area contributed by atoms with E-state index in [1.165, 1.54) is 19.3 Å². The Balaban J connectivity index is 0.000000980. The molecule has 1 aromatic heterocycles. The summed E-state index contributed by atoms with van der Waals surface area (Å²) >= 11 is 0. The highest BCUT2D eigenvalue weighted by atomic mass is 35.5. The molecule has 1 saturated heterocycles. The Hall–Kier alpha value is -0.510. The summed E-state index contributed by atoms with van der Waals surface area (Å²) in [6.07, 6.45) is 7.30. The SMILES string of the molecule is Cl.Cl.c1cncc(ON2CCCCC2)c1. The second-order valence-corrected chi connectivity index (χ2v) is 3.27. The smallest absolute Gasteiger partial charge is 0.165 e. The van der Waals surface area contributed by atoms with Crippen LogP contribution in [0.25, 0.3) is 0 Å². The van der Waals surface area contributed by atoms with Crippen molar-refractivity contribution in [3.05, 3.63) is 24.5 Å². The Morgan fingerprint density at radius 3 is 2.47 bits per heavy atom. The summed E-state index contributed by atoms with van der Waals surface area (Å²) in [5.74, 6) is 0.837. The van der Waals surface area contributed by atoms with Crippen LogP contribution in [0.5, 0.6) is 5.75 Å². The van der Waals surface area contributed by atoms with Gasteiger partial charge in [-0.3, -0.25) is 4.98 Å². The summed E-state index contributed by atoms with van der Waals surface area (Å²) in [6.45, 7) is 2.07. The number of aromatic nitrogens is 1. The molecule has 0 atom stereocenters. The summed E-state index contributed by atoms with van der Waals surface area (Å²) in [7, 11) is 0. The van der Waals surface area contributed by atoms with Crippen molar-refractivity contribution in [1.29, 1.82) is 0 Å². The van der Waals surface area contributed by atoms with Crippen molar-refractivity contribution in [2.24, 2.45) is 0 Å². The maximum Gasteiger partial charge on any atom is 0.165 e. The fourth-order valence-corrected chi connectivity index (χ4v) is 1.51. The van der Waals surface area contributed by atoms with Gasteiger partial charge in [0.15, 0.2) is 5.75 Å². The lowest BCUT2D eigenvalue weighted by Gasteiger charge is -2.25. The van der Waals surface area contributed by atoms with Crippen LogP contribution >= 0.6 is 24.8 Å². The maximum atomic E-state index is 5.63. The summed E-state index contributed by atoms with van der Waals surface area (Å²) in [4.78, 5) is 9.62. The van der Waals surface area contributed by atoms with E-state index in [1.807, 2.05) is 17.2 Å². The number of pyridine rings is 1. The van der Waals surface area contributed by atoms with Gasteiger partial charge in [0.05, 0.1) is 6.20 Å². The lowest BCUT2D eigenvalue weighted by Crippen LogP contribution is -2.32. The zero-order valence-corrected chi connectivity index (χ0v) is 10.1. The Morgan fingerprint density at radius 2 is 1.87 bits per heavy atom. The molecule has 1 aliphatic heterocycles. The molecular weight excluding hydrogens is 235 g/mol. The van der Waals surface area contributed by atoms with Gasteiger partial charge in [0.25, 0.3) is 0 Å². The van der Waals surface area contributed by atoms with Crippen molar-refractivity contribution in [2.45, 2.75) is 19.3 Å². The Labute approximate surface area is 103 Å². The van der Waals surface area contributed by atoms with Gasteiger partial charge in [0.1, 0.15) is 0 Å². The van der Waals surface area contributed by atoms with Crippen LogP contribution in [0.2, 0.25) is 0 Å². The van der Waals surface area contributed by atoms with Crippen LogP contribution in [0, 0.1) is 0 Å². The van der Waals surface area contributed by atoms with Crippen LogP contribution in [0.4, 0.5) is 0 Å². The minimum absolute atomic E-state index is 0. The molecule has 0 amide bonds. The fourth-order valence-electron chi connectivity index (χ4n) is 1.51. The predicted molar refractivity (Wildman–Crippen MR) is 64.8 cm³/mol. The predicted octanol–water partition coefficient (Wildman–Crippen LogP) is 2.70. The molecule has 1 fully saturated rings. The van der Waals surface area contributed by atoms with Crippen molar-refractivity contribution in [3.63, 3.8) is 0 Å². The van der Waals surface area contributed by atoms with Gasteiger partial charge in [0, 0.05) is 19.3 Å². The van der Waals surface area contributed by atoms with Gasteiger partial charge in [-0.25, -0.2) is 0 Å². The molecule has 0 aliphatic carbocycles. The van der Waals surface area contributed by atoms with Crippen LogP contribution in [-0.4, -0.2) is 23.1 Å². The zero-order valence-electron chi connectivity index (χ0n) is 8.46. The van der Waals surface area contributed by atoms with Gasteiger partial charge >= 0.3 is 0 Å². The first kappa shape index (κ1) is 14.5. The molecule has 86 valence electrons. The van der Waals surface area contributed by atoms with E-state index in [0.717, 1.165) is 18.8 Å². The largest absolute Gasteiger partial charge is 0.404 e. The normalized spacial score (nSPS) is 16.0. The van der Waals surface area contributed by atoms with Gasteiger partial charge < -0.3 is 4.84 Å². The van der Waals surface area contributed by atoms with E-state index in [0.29, 0.717) is 0 Å². The molecule has 2 rings (SSSR count). The standard InChI is InChI=1S/C10H14N2O.2ClH/c1-2-7-12(8-3-1)13-10-5-4-6-11-9-10;;/h4-6,9H,1-3,7-8H2;2*1H. The topological polar surface area (TPSA) is 25.4 Å². The molecule has 0 radical (unpaired) electrons. The molecule has 15 heavy (non-hydrogen) atoms. The minimum atomic E-state index is 0. The van der Waals surface area contributed by atoms with E-state index in [-0.39, 0.29) is 24.8 Å². The van der Waals surface area contributed by atoms with E-state index in [2.05, 4.69) is 4.98 Å². The third-order valence-corrected chi connectivity index (χ3v) is 2.18. The molecule has 2 heterocycles. The highest BCUT2D eigenvalue weighted by Gasteiger charge is 2.10. The monoisotopic (exact) mass is 250 g/mol. The third-order valence-electron chi connectivity index (χ3n) is 2.18. The molecule has 1 aromatic rings. The average Bonchev–Trinajstić information content (AvgIpc) is 2.21. The van der Waals surface area contributed by atoms with Crippen molar-refractivity contribution in [3.8, 4) is 5.75 Å². The Bertz CT molecular complexity index is 253.